The van der Waals surface area contributed by atoms with Gasteiger partial charge in [-0.2, -0.15) is 0 Å². The summed E-state index contributed by atoms with van der Waals surface area (Å²) in [6.45, 7) is 6.58. The Labute approximate surface area is 115 Å². The van der Waals surface area contributed by atoms with Crippen LogP contribution in [0.5, 0.6) is 0 Å². The first kappa shape index (κ1) is 14.1. The number of hydrogen-bond donors (Lipinski definition) is 1. The zero-order valence-electron chi connectivity index (χ0n) is 12.1. The minimum atomic E-state index is 0.279. The van der Waals surface area contributed by atoms with Crippen molar-refractivity contribution in [1.29, 1.82) is 0 Å². The Hall–Kier alpha value is -1.36. The molecular formula is C14H24N4O. The molecule has 1 fully saturated rings. The molecule has 0 amide bonds. The number of likely N-dealkylation sites (N-methyl/N-ethyl adjacent to an activating group) is 1. The van der Waals surface area contributed by atoms with Crippen LogP contribution in [0.3, 0.4) is 0 Å². The van der Waals surface area contributed by atoms with Crippen molar-refractivity contribution in [1.82, 2.24) is 9.97 Å². The third kappa shape index (κ3) is 4.35. The Kier molecular flexibility index (Phi) is 4.58. The van der Waals surface area contributed by atoms with E-state index in [1.807, 2.05) is 13.1 Å². The zero-order valence-corrected chi connectivity index (χ0v) is 12.1. The van der Waals surface area contributed by atoms with Crippen molar-refractivity contribution < 1.29 is 4.74 Å². The van der Waals surface area contributed by atoms with Crippen LogP contribution in [0, 0.1) is 5.92 Å². The van der Waals surface area contributed by atoms with Crippen molar-refractivity contribution in [3.63, 3.8) is 0 Å². The lowest BCUT2D eigenvalue weighted by Gasteiger charge is -2.19. The third-order valence-corrected chi connectivity index (χ3v) is 3.28. The molecule has 1 heterocycles. The largest absolute Gasteiger partial charge is 0.384 e. The SMILES string of the molecule is CC(C)c1nc(N)cc(N(C)CCOCC2CC2)n1. The fourth-order valence-corrected chi connectivity index (χ4v) is 1.78. The van der Waals surface area contributed by atoms with Crippen molar-refractivity contribution in [2.24, 2.45) is 5.92 Å². The molecule has 0 radical (unpaired) electrons. The average molecular weight is 264 g/mol. The highest BCUT2D eigenvalue weighted by Gasteiger charge is 2.21. The van der Waals surface area contributed by atoms with E-state index in [4.69, 9.17) is 10.5 Å². The van der Waals surface area contributed by atoms with Gasteiger partial charge >= 0.3 is 0 Å². The zero-order chi connectivity index (χ0) is 13.8. The molecule has 106 valence electrons. The summed E-state index contributed by atoms with van der Waals surface area (Å²) in [6, 6.07) is 1.81. The van der Waals surface area contributed by atoms with E-state index in [1.165, 1.54) is 12.8 Å². The van der Waals surface area contributed by atoms with Crippen LogP contribution >= 0.6 is 0 Å². The standard InChI is InChI=1S/C14H24N4O/c1-10(2)14-16-12(15)8-13(17-14)18(3)6-7-19-9-11-4-5-11/h8,10-11H,4-7,9H2,1-3H3,(H2,15,16,17). The molecule has 2 rings (SSSR count). The lowest BCUT2D eigenvalue weighted by molar-refractivity contribution is 0.131. The quantitative estimate of drug-likeness (QED) is 0.764. The fraction of sp³-hybridized carbons (Fsp3) is 0.714. The second-order valence-electron chi connectivity index (χ2n) is 5.60. The Morgan fingerprint density at radius 3 is 2.79 bits per heavy atom. The second-order valence-corrected chi connectivity index (χ2v) is 5.60. The van der Waals surface area contributed by atoms with Crippen LogP contribution in [-0.4, -0.2) is 36.8 Å². The van der Waals surface area contributed by atoms with Crippen molar-refractivity contribution >= 4 is 11.6 Å². The first-order valence-corrected chi connectivity index (χ1v) is 6.99. The molecular weight excluding hydrogens is 240 g/mol. The van der Waals surface area contributed by atoms with Crippen LogP contribution in [0.2, 0.25) is 0 Å². The first-order valence-electron chi connectivity index (χ1n) is 6.99. The summed E-state index contributed by atoms with van der Waals surface area (Å²) in [6.07, 6.45) is 2.66. The van der Waals surface area contributed by atoms with E-state index >= 15 is 0 Å². The molecule has 0 bridgehead atoms. The van der Waals surface area contributed by atoms with E-state index in [0.29, 0.717) is 5.82 Å². The maximum Gasteiger partial charge on any atom is 0.135 e. The number of aromatic nitrogens is 2. The molecule has 1 aromatic rings. The average Bonchev–Trinajstić information content (AvgIpc) is 3.17. The summed E-state index contributed by atoms with van der Waals surface area (Å²) < 4.78 is 5.64. The maximum atomic E-state index is 5.83. The van der Waals surface area contributed by atoms with Crippen LogP contribution in [0.15, 0.2) is 6.07 Å². The summed E-state index contributed by atoms with van der Waals surface area (Å²) in [5, 5.41) is 0. The van der Waals surface area contributed by atoms with Crippen LogP contribution < -0.4 is 10.6 Å². The Bertz CT molecular complexity index is 418. The van der Waals surface area contributed by atoms with E-state index in [0.717, 1.165) is 37.3 Å². The Morgan fingerprint density at radius 1 is 1.42 bits per heavy atom. The molecule has 5 heteroatoms. The monoisotopic (exact) mass is 264 g/mol. The fourth-order valence-electron chi connectivity index (χ4n) is 1.78. The molecule has 1 aromatic heterocycles. The highest BCUT2D eigenvalue weighted by atomic mass is 16.5. The van der Waals surface area contributed by atoms with Gasteiger partial charge in [-0.25, -0.2) is 9.97 Å². The molecule has 1 aliphatic carbocycles. The van der Waals surface area contributed by atoms with Gasteiger partial charge in [-0.3, -0.25) is 0 Å². The molecule has 0 spiro atoms. The number of ether oxygens (including phenoxy) is 1. The van der Waals surface area contributed by atoms with Crippen molar-refractivity contribution in [2.75, 3.05) is 37.4 Å². The van der Waals surface area contributed by atoms with Gasteiger partial charge in [0.15, 0.2) is 0 Å². The maximum absolute atomic E-state index is 5.83. The first-order chi connectivity index (χ1) is 9.06. The summed E-state index contributed by atoms with van der Waals surface area (Å²) in [5.41, 5.74) is 5.83. The Morgan fingerprint density at radius 2 is 2.16 bits per heavy atom. The van der Waals surface area contributed by atoms with Crippen LogP contribution in [0.25, 0.3) is 0 Å². The lowest BCUT2D eigenvalue weighted by atomic mass is 10.2. The molecule has 5 nitrogen and oxygen atoms in total. The summed E-state index contributed by atoms with van der Waals surface area (Å²) >= 11 is 0. The smallest absolute Gasteiger partial charge is 0.135 e. The van der Waals surface area contributed by atoms with E-state index in [2.05, 4.69) is 28.7 Å². The van der Waals surface area contributed by atoms with Gasteiger partial charge in [0, 0.05) is 32.2 Å². The van der Waals surface area contributed by atoms with Crippen molar-refractivity contribution in [3.05, 3.63) is 11.9 Å². The summed E-state index contributed by atoms with van der Waals surface area (Å²) in [4.78, 5) is 10.9. The molecule has 1 saturated carbocycles. The van der Waals surface area contributed by atoms with Crippen molar-refractivity contribution in [2.45, 2.75) is 32.6 Å². The topological polar surface area (TPSA) is 64.3 Å². The molecule has 1 aliphatic rings. The Balaban J connectivity index is 1.87. The van der Waals surface area contributed by atoms with E-state index in [-0.39, 0.29) is 5.92 Å². The highest BCUT2D eigenvalue weighted by molar-refractivity contribution is 5.46. The number of nitrogens with two attached hydrogens (primary N) is 1. The summed E-state index contributed by atoms with van der Waals surface area (Å²) in [7, 11) is 2.01. The number of rotatable bonds is 7. The van der Waals surface area contributed by atoms with Gasteiger partial charge in [0.25, 0.3) is 0 Å². The summed E-state index contributed by atoms with van der Waals surface area (Å²) in [5.74, 6) is 3.28. The lowest BCUT2D eigenvalue weighted by Crippen LogP contribution is -2.24. The number of nitrogens with zero attached hydrogens (tertiary/aromatic N) is 3. The van der Waals surface area contributed by atoms with E-state index in [1.54, 1.807) is 0 Å². The molecule has 0 saturated heterocycles. The second kappa shape index (κ2) is 6.19. The number of hydrogen-bond acceptors (Lipinski definition) is 5. The molecule has 0 atom stereocenters. The van der Waals surface area contributed by atoms with Crippen LogP contribution in [0.4, 0.5) is 11.6 Å². The van der Waals surface area contributed by atoms with Gasteiger partial charge in [-0.1, -0.05) is 13.8 Å². The van der Waals surface area contributed by atoms with Gasteiger partial charge in [0.2, 0.25) is 0 Å². The molecule has 0 aromatic carbocycles. The normalized spacial score (nSPS) is 14.9. The predicted molar refractivity (Wildman–Crippen MR) is 77.3 cm³/mol. The number of anilines is 2. The van der Waals surface area contributed by atoms with Gasteiger partial charge in [-0.15, -0.1) is 0 Å². The van der Waals surface area contributed by atoms with Gasteiger partial charge in [0.05, 0.1) is 6.61 Å². The molecule has 0 aliphatic heterocycles. The van der Waals surface area contributed by atoms with Gasteiger partial charge < -0.3 is 15.4 Å². The molecule has 2 N–H and O–H groups in total. The van der Waals surface area contributed by atoms with Crippen LogP contribution in [-0.2, 0) is 4.74 Å². The predicted octanol–water partition coefficient (Wildman–Crippen LogP) is 2.04. The van der Waals surface area contributed by atoms with Gasteiger partial charge in [0.1, 0.15) is 17.5 Å². The minimum absolute atomic E-state index is 0.279. The van der Waals surface area contributed by atoms with Crippen molar-refractivity contribution in [3.8, 4) is 0 Å². The third-order valence-electron chi connectivity index (χ3n) is 3.28. The molecule has 19 heavy (non-hydrogen) atoms. The van der Waals surface area contributed by atoms with Gasteiger partial charge in [-0.05, 0) is 18.8 Å². The van der Waals surface area contributed by atoms with Crippen LogP contribution in [0.1, 0.15) is 38.4 Å². The number of nitrogen functional groups attached to an aromatic ring is 1. The highest BCUT2D eigenvalue weighted by Crippen LogP contribution is 2.28. The van der Waals surface area contributed by atoms with E-state index in [9.17, 15) is 0 Å². The molecule has 0 unspecified atom stereocenters. The van der Waals surface area contributed by atoms with E-state index < -0.39 is 0 Å². The minimum Gasteiger partial charge on any atom is -0.384 e.